The van der Waals surface area contributed by atoms with Crippen LogP contribution in [0.2, 0.25) is 0 Å². The molecule has 0 bridgehead atoms. The van der Waals surface area contributed by atoms with E-state index >= 15 is 0 Å². The van der Waals surface area contributed by atoms with E-state index in [0.29, 0.717) is 11.6 Å². The minimum absolute atomic E-state index is 0.353. The lowest BCUT2D eigenvalue weighted by Gasteiger charge is -2.37. The van der Waals surface area contributed by atoms with Crippen LogP contribution in [0.15, 0.2) is 0 Å². The number of nitrogens with one attached hydrogen (secondary N) is 1. The first-order chi connectivity index (χ1) is 7.64. The number of hydrogen-bond acceptors (Lipinski definition) is 4. The Morgan fingerprint density at radius 1 is 1.50 bits per heavy atom. The van der Waals surface area contributed by atoms with E-state index in [-0.39, 0.29) is 0 Å². The summed E-state index contributed by atoms with van der Waals surface area (Å²) in [5.41, 5.74) is 0.353. The number of thioether (sulfide) groups is 1. The zero-order valence-electron chi connectivity index (χ0n) is 11.1. The predicted molar refractivity (Wildman–Crippen MR) is 72.3 cm³/mol. The summed E-state index contributed by atoms with van der Waals surface area (Å²) in [6.07, 6.45) is 2.42. The van der Waals surface area contributed by atoms with Crippen molar-refractivity contribution in [3.05, 3.63) is 0 Å². The molecule has 1 aliphatic rings. The molecule has 0 radical (unpaired) electrons. The summed E-state index contributed by atoms with van der Waals surface area (Å²) in [5, 5.41) is 3.65. The fraction of sp³-hybridized carbons (Fsp3) is 1.00. The molecule has 0 aromatic rings. The van der Waals surface area contributed by atoms with Crippen molar-refractivity contribution >= 4 is 11.8 Å². The quantitative estimate of drug-likeness (QED) is 0.735. The Labute approximate surface area is 104 Å². The highest BCUT2D eigenvalue weighted by molar-refractivity contribution is 7.99. The van der Waals surface area contributed by atoms with Crippen molar-refractivity contribution in [2.45, 2.75) is 31.3 Å². The lowest BCUT2D eigenvalue weighted by molar-refractivity contribution is 0.136. The van der Waals surface area contributed by atoms with Gasteiger partial charge < -0.3 is 15.0 Å². The van der Waals surface area contributed by atoms with E-state index < -0.39 is 0 Å². The van der Waals surface area contributed by atoms with E-state index in [0.717, 1.165) is 19.6 Å². The summed E-state index contributed by atoms with van der Waals surface area (Å²) in [7, 11) is 6.17. The summed E-state index contributed by atoms with van der Waals surface area (Å²) in [6, 6.07) is 0.493. The fourth-order valence-electron chi connectivity index (χ4n) is 2.10. The highest BCUT2D eigenvalue weighted by Gasteiger charge is 2.36. The number of likely N-dealkylation sites (N-methyl/N-ethyl adjacent to an activating group) is 1. The van der Waals surface area contributed by atoms with E-state index in [1.807, 2.05) is 0 Å². The monoisotopic (exact) mass is 246 g/mol. The molecule has 2 unspecified atom stereocenters. The van der Waals surface area contributed by atoms with Gasteiger partial charge in [-0.25, -0.2) is 0 Å². The second kappa shape index (κ2) is 6.84. The standard InChI is InChI=1S/C12H26N2OS/c1-5-11(8-15-4)13-9-12(14(2)3)6-7-16-10-12/h11,13H,5-10H2,1-4H3. The van der Waals surface area contributed by atoms with Gasteiger partial charge in [0.2, 0.25) is 0 Å². The van der Waals surface area contributed by atoms with Crippen LogP contribution in [-0.2, 0) is 4.74 Å². The van der Waals surface area contributed by atoms with E-state index in [1.165, 1.54) is 17.9 Å². The Bertz CT molecular complexity index is 193. The van der Waals surface area contributed by atoms with Crippen molar-refractivity contribution in [1.82, 2.24) is 10.2 Å². The number of nitrogens with zero attached hydrogens (tertiary/aromatic N) is 1. The smallest absolute Gasteiger partial charge is 0.0615 e. The molecule has 2 atom stereocenters. The van der Waals surface area contributed by atoms with Gasteiger partial charge in [0, 0.05) is 31.0 Å². The van der Waals surface area contributed by atoms with Gasteiger partial charge in [-0.05, 0) is 32.7 Å². The van der Waals surface area contributed by atoms with E-state index in [9.17, 15) is 0 Å². The average molecular weight is 246 g/mol. The largest absolute Gasteiger partial charge is 0.383 e. The molecule has 1 heterocycles. The van der Waals surface area contributed by atoms with Gasteiger partial charge in [0.1, 0.15) is 0 Å². The van der Waals surface area contributed by atoms with Crippen LogP contribution in [-0.4, -0.2) is 62.3 Å². The molecule has 1 saturated heterocycles. The molecule has 0 aromatic carbocycles. The summed E-state index contributed by atoms with van der Waals surface area (Å²) in [6.45, 7) is 4.10. The Hall–Kier alpha value is 0.230. The average Bonchev–Trinajstić information content (AvgIpc) is 2.74. The molecular weight excluding hydrogens is 220 g/mol. The molecule has 1 aliphatic heterocycles. The second-order valence-electron chi connectivity index (χ2n) is 4.86. The number of rotatable bonds is 7. The molecule has 96 valence electrons. The lowest BCUT2D eigenvalue weighted by atomic mass is 9.97. The van der Waals surface area contributed by atoms with E-state index in [2.05, 4.69) is 43.0 Å². The molecule has 1 fully saturated rings. The number of hydrogen-bond donors (Lipinski definition) is 1. The zero-order chi connectivity index (χ0) is 12.0. The zero-order valence-corrected chi connectivity index (χ0v) is 11.9. The SMILES string of the molecule is CCC(COC)NCC1(N(C)C)CCSC1. The molecule has 1 N–H and O–H groups in total. The van der Waals surface area contributed by atoms with Crippen molar-refractivity contribution in [3.8, 4) is 0 Å². The van der Waals surface area contributed by atoms with Gasteiger partial charge in [0.15, 0.2) is 0 Å². The molecule has 0 aromatic heterocycles. The molecule has 4 heteroatoms. The number of methoxy groups -OCH3 is 1. The molecule has 0 amide bonds. The fourth-order valence-corrected chi connectivity index (χ4v) is 3.66. The molecule has 0 spiro atoms. The van der Waals surface area contributed by atoms with Crippen LogP contribution in [0.5, 0.6) is 0 Å². The summed E-state index contributed by atoms with van der Waals surface area (Å²) >= 11 is 2.07. The Morgan fingerprint density at radius 3 is 2.69 bits per heavy atom. The minimum atomic E-state index is 0.353. The molecule has 0 aliphatic carbocycles. The van der Waals surface area contributed by atoms with E-state index in [1.54, 1.807) is 7.11 Å². The molecule has 3 nitrogen and oxygen atoms in total. The normalized spacial score (nSPS) is 27.6. The molecule has 16 heavy (non-hydrogen) atoms. The van der Waals surface area contributed by atoms with Gasteiger partial charge in [-0.3, -0.25) is 0 Å². The van der Waals surface area contributed by atoms with Crippen molar-refractivity contribution in [1.29, 1.82) is 0 Å². The highest BCUT2D eigenvalue weighted by atomic mass is 32.2. The summed E-state index contributed by atoms with van der Waals surface area (Å²) in [5.74, 6) is 2.54. The lowest BCUT2D eigenvalue weighted by Crippen LogP contribution is -2.54. The maximum absolute atomic E-state index is 5.22. The first-order valence-electron chi connectivity index (χ1n) is 6.12. The second-order valence-corrected chi connectivity index (χ2v) is 5.97. The topological polar surface area (TPSA) is 24.5 Å². The predicted octanol–water partition coefficient (Wildman–Crippen LogP) is 1.44. The molecular formula is C12H26N2OS. The Balaban J connectivity index is 2.43. The maximum atomic E-state index is 5.22. The highest BCUT2D eigenvalue weighted by Crippen LogP contribution is 2.31. The van der Waals surface area contributed by atoms with Crippen LogP contribution in [0.4, 0.5) is 0 Å². The van der Waals surface area contributed by atoms with Crippen molar-refractivity contribution < 1.29 is 4.74 Å². The minimum Gasteiger partial charge on any atom is -0.383 e. The van der Waals surface area contributed by atoms with Crippen LogP contribution in [0.1, 0.15) is 19.8 Å². The van der Waals surface area contributed by atoms with Crippen molar-refractivity contribution in [2.24, 2.45) is 0 Å². The molecule has 1 rings (SSSR count). The third kappa shape index (κ3) is 3.62. The summed E-state index contributed by atoms with van der Waals surface area (Å²) in [4.78, 5) is 2.39. The van der Waals surface area contributed by atoms with Crippen LogP contribution in [0.25, 0.3) is 0 Å². The number of ether oxygens (including phenoxy) is 1. The third-order valence-corrected chi connectivity index (χ3v) is 4.85. The van der Waals surface area contributed by atoms with Gasteiger partial charge >= 0.3 is 0 Å². The Morgan fingerprint density at radius 2 is 2.25 bits per heavy atom. The van der Waals surface area contributed by atoms with Gasteiger partial charge in [-0.2, -0.15) is 11.8 Å². The van der Waals surface area contributed by atoms with Gasteiger partial charge in [-0.15, -0.1) is 0 Å². The van der Waals surface area contributed by atoms with Crippen molar-refractivity contribution in [3.63, 3.8) is 0 Å². The van der Waals surface area contributed by atoms with Gasteiger partial charge in [0.05, 0.1) is 6.61 Å². The van der Waals surface area contributed by atoms with Crippen molar-refractivity contribution in [2.75, 3.05) is 45.9 Å². The van der Waals surface area contributed by atoms with Gasteiger partial charge in [0.25, 0.3) is 0 Å². The maximum Gasteiger partial charge on any atom is 0.0615 e. The molecule has 0 saturated carbocycles. The van der Waals surface area contributed by atoms with E-state index in [4.69, 9.17) is 4.74 Å². The summed E-state index contributed by atoms with van der Waals surface area (Å²) < 4.78 is 5.22. The van der Waals surface area contributed by atoms with Crippen LogP contribution >= 0.6 is 11.8 Å². The van der Waals surface area contributed by atoms with Crippen LogP contribution in [0.3, 0.4) is 0 Å². The first-order valence-corrected chi connectivity index (χ1v) is 7.27. The van der Waals surface area contributed by atoms with Crippen LogP contribution < -0.4 is 5.32 Å². The van der Waals surface area contributed by atoms with Gasteiger partial charge in [-0.1, -0.05) is 6.92 Å². The first kappa shape index (κ1) is 14.3. The Kier molecular flexibility index (Phi) is 6.11. The van der Waals surface area contributed by atoms with Crippen LogP contribution in [0, 0.1) is 0 Å². The third-order valence-electron chi connectivity index (χ3n) is 3.61.